The van der Waals surface area contributed by atoms with E-state index >= 15 is 0 Å². The Labute approximate surface area is 178 Å². The van der Waals surface area contributed by atoms with Crippen molar-refractivity contribution in [2.24, 2.45) is 10.4 Å². The number of aliphatic imine (C=N–C) groups is 1. The summed E-state index contributed by atoms with van der Waals surface area (Å²) in [7, 11) is 0. The molecule has 2 atom stereocenters. The molecule has 2 aliphatic rings. The average Bonchev–Trinajstić information content (AvgIpc) is 2.98. The molecular formula is C20H31IN4O2. The van der Waals surface area contributed by atoms with Crippen molar-refractivity contribution in [1.29, 1.82) is 0 Å². The smallest absolute Gasteiger partial charge is 0.220 e. The van der Waals surface area contributed by atoms with Crippen molar-refractivity contribution in [1.82, 2.24) is 15.5 Å². The van der Waals surface area contributed by atoms with Crippen LogP contribution in [0, 0.1) is 12.3 Å². The predicted molar refractivity (Wildman–Crippen MR) is 118 cm³/mol. The number of aliphatic hydroxyl groups is 1. The Morgan fingerprint density at radius 3 is 2.78 bits per heavy atom. The van der Waals surface area contributed by atoms with E-state index in [1.54, 1.807) is 0 Å². The Morgan fingerprint density at radius 2 is 2.15 bits per heavy atom. The predicted octanol–water partition coefficient (Wildman–Crippen LogP) is 2.21. The van der Waals surface area contributed by atoms with Crippen molar-refractivity contribution in [3.05, 3.63) is 35.4 Å². The van der Waals surface area contributed by atoms with Crippen LogP contribution in [0.1, 0.15) is 43.4 Å². The Kier molecular flexibility index (Phi) is 7.91. The molecule has 0 saturated carbocycles. The maximum atomic E-state index is 11.7. The number of amides is 1. The molecule has 1 aromatic rings. The number of nitrogens with zero attached hydrogens (tertiary/aromatic N) is 2. The molecule has 0 aliphatic carbocycles. The second-order valence-corrected chi connectivity index (χ2v) is 7.60. The highest BCUT2D eigenvalue weighted by Gasteiger charge is 2.42. The van der Waals surface area contributed by atoms with Crippen LogP contribution in [0.15, 0.2) is 29.3 Å². The fourth-order valence-corrected chi connectivity index (χ4v) is 3.92. The number of guanidine groups is 1. The third-order valence-corrected chi connectivity index (χ3v) is 5.37. The van der Waals surface area contributed by atoms with E-state index in [2.05, 4.69) is 20.5 Å². The summed E-state index contributed by atoms with van der Waals surface area (Å²) in [5, 5.41) is 16.8. The zero-order chi connectivity index (χ0) is 18.6. The van der Waals surface area contributed by atoms with Crippen molar-refractivity contribution in [3.63, 3.8) is 0 Å². The van der Waals surface area contributed by atoms with Gasteiger partial charge in [0.2, 0.25) is 5.91 Å². The second-order valence-electron chi connectivity index (χ2n) is 7.60. The van der Waals surface area contributed by atoms with Gasteiger partial charge >= 0.3 is 0 Å². The summed E-state index contributed by atoms with van der Waals surface area (Å²) in [6.45, 7) is 7.71. The van der Waals surface area contributed by atoms with Gasteiger partial charge in [0.25, 0.3) is 0 Å². The van der Waals surface area contributed by atoms with Gasteiger partial charge in [-0.3, -0.25) is 9.79 Å². The van der Waals surface area contributed by atoms with E-state index in [9.17, 15) is 9.90 Å². The minimum atomic E-state index is -0.613. The van der Waals surface area contributed by atoms with Gasteiger partial charge in [-0.05, 0) is 32.3 Å². The molecule has 2 saturated heterocycles. The fraction of sp³-hybridized carbons (Fsp3) is 0.600. The topological polar surface area (TPSA) is 77.0 Å². The van der Waals surface area contributed by atoms with E-state index in [4.69, 9.17) is 0 Å². The molecule has 7 heteroatoms. The molecule has 1 spiro atoms. The monoisotopic (exact) mass is 486 g/mol. The van der Waals surface area contributed by atoms with E-state index in [-0.39, 0.29) is 35.3 Å². The van der Waals surface area contributed by atoms with Gasteiger partial charge in [-0.2, -0.15) is 0 Å². The van der Waals surface area contributed by atoms with Gasteiger partial charge in [-0.25, -0.2) is 0 Å². The number of rotatable bonds is 4. The molecule has 2 fully saturated rings. The number of aliphatic hydroxyl groups excluding tert-OH is 1. The highest BCUT2D eigenvalue weighted by molar-refractivity contribution is 14.0. The lowest BCUT2D eigenvalue weighted by molar-refractivity contribution is -0.119. The molecule has 0 bridgehead atoms. The quantitative estimate of drug-likeness (QED) is 0.347. The van der Waals surface area contributed by atoms with Crippen molar-refractivity contribution < 1.29 is 9.90 Å². The van der Waals surface area contributed by atoms with Crippen molar-refractivity contribution >= 4 is 35.8 Å². The molecular weight excluding hydrogens is 455 g/mol. The van der Waals surface area contributed by atoms with E-state index in [1.807, 2.05) is 38.1 Å². The van der Waals surface area contributed by atoms with Crippen LogP contribution in [0.2, 0.25) is 0 Å². The number of likely N-dealkylation sites (tertiary alicyclic amines) is 1. The molecule has 2 heterocycles. The van der Waals surface area contributed by atoms with E-state index in [0.29, 0.717) is 13.0 Å². The first-order chi connectivity index (χ1) is 12.5. The van der Waals surface area contributed by atoms with Gasteiger partial charge in [0.15, 0.2) is 5.96 Å². The third kappa shape index (κ3) is 5.57. The zero-order valence-corrected chi connectivity index (χ0v) is 18.5. The van der Waals surface area contributed by atoms with Gasteiger partial charge in [0.05, 0.1) is 12.6 Å². The summed E-state index contributed by atoms with van der Waals surface area (Å²) in [5.41, 5.74) is 2.09. The lowest BCUT2D eigenvalue weighted by Crippen LogP contribution is -2.51. The minimum Gasteiger partial charge on any atom is -0.386 e. The molecule has 1 aromatic carbocycles. The molecule has 0 radical (unpaired) electrons. The Balaban J connectivity index is 0.00000261. The van der Waals surface area contributed by atoms with Gasteiger partial charge in [0.1, 0.15) is 0 Å². The average molecular weight is 486 g/mol. The normalized spacial score (nSPS) is 23.7. The summed E-state index contributed by atoms with van der Waals surface area (Å²) in [5.74, 6) is 0.987. The van der Waals surface area contributed by atoms with Crippen molar-refractivity contribution in [2.45, 2.75) is 39.2 Å². The van der Waals surface area contributed by atoms with Crippen LogP contribution in [0.25, 0.3) is 0 Å². The Bertz CT molecular complexity index is 664. The number of piperidine rings is 1. The van der Waals surface area contributed by atoms with Crippen LogP contribution in [0.4, 0.5) is 0 Å². The number of hydrogen-bond donors (Lipinski definition) is 3. The Hall–Kier alpha value is -1.35. The minimum absolute atomic E-state index is 0. The number of aryl methyl sites for hydroxylation is 1. The first-order valence-corrected chi connectivity index (χ1v) is 9.56. The first-order valence-electron chi connectivity index (χ1n) is 9.56. The lowest BCUT2D eigenvalue weighted by Gasteiger charge is -2.40. The summed E-state index contributed by atoms with van der Waals surface area (Å²) < 4.78 is 0. The van der Waals surface area contributed by atoms with Gasteiger partial charge in [0, 0.05) is 38.0 Å². The fourth-order valence-electron chi connectivity index (χ4n) is 3.92. The zero-order valence-electron chi connectivity index (χ0n) is 16.2. The molecule has 2 unspecified atom stereocenters. The third-order valence-electron chi connectivity index (χ3n) is 5.37. The lowest BCUT2D eigenvalue weighted by atomic mass is 9.79. The maximum Gasteiger partial charge on any atom is 0.220 e. The molecule has 27 heavy (non-hydrogen) atoms. The second kappa shape index (κ2) is 9.73. The Morgan fingerprint density at radius 1 is 1.41 bits per heavy atom. The SMILES string of the molecule is CCNC(=NCC(O)c1ccc(C)cc1)N1CCCC2(CNC(=O)C2)C1.I. The molecule has 6 nitrogen and oxygen atoms in total. The molecule has 0 aromatic heterocycles. The molecule has 150 valence electrons. The summed E-state index contributed by atoms with van der Waals surface area (Å²) in [6.07, 6.45) is 2.13. The van der Waals surface area contributed by atoms with Crippen LogP contribution in [-0.2, 0) is 4.79 Å². The largest absolute Gasteiger partial charge is 0.386 e. The van der Waals surface area contributed by atoms with Crippen LogP contribution in [0.5, 0.6) is 0 Å². The van der Waals surface area contributed by atoms with Gasteiger partial charge in [-0.15, -0.1) is 24.0 Å². The highest BCUT2D eigenvalue weighted by atomic mass is 127. The van der Waals surface area contributed by atoms with Crippen LogP contribution < -0.4 is 10.6 Å². The van der Waals surface area contributed by atoms with Gasteiger partial charge in [-0.1, -0.05) is 29.8 Å². The number of benzene rings is 1. The standard InChI is InChI=1S/C20H30N4O2.HI/c1-3-21-19(22-12-17(25)16-7-5-15(2)6-8-16)24-10-4-9-20(14-24)11-18(26)23-13-20;/h5-8,17,25H,3-4,9-14H2,1-2H3,(H,21,22)(H,23,26);1H. The summed E-state index contributed by atoms with van der Waals surface area (Å²) in [4.78, 5) is 18.6. The molecule has 3 rings (SSSR count). The first kappa shape index (κ1) is 21.9. The number of carbonyl (C=O) groups is 1. The van der Waals surface area contributed by atoms with Gasteiger partial charge < -0.3 is 20.6 Å². The van der Waals surface area contributed by atoms with E-state index in [1.165, 1.54) is 5.56 Å². The van der Waals surface area contributed by atoms with Crippen LogP contribution in [0.3, 0.4) is 0 Å². The maximum absolute atomic E-state index is 11.7. The summed E-state index contributed by atoms with van der Waals surface area (Å²) >= 11 is 0. The molecule has 3 N–H and O–H groups in total. The number of hydrogen-bond acceptors (Lipinski definition) is 3. The molecule has 1 amide bonds. The van der Waals surface area contributed by atoms with Crippen molar-refractivity contribution in [3.8, 4) is 0 Å². The van der Waals surface area contributed by atoms with Crippen molar-refractivity contribution in [2.75, 3.05) is 32.7 Å². The highest BCUT2D eigenvalue weighted by Crippen LogP contribution is 2.36. The number of carbonyl (C=O) groups excluding carboxylic acids is 1. The summed E-state index contributed by atoms with van der Waals surface area (Å²) in [6, 6.07) is 7.92. The molecule has 2 aliphatic heterocycles. The van der Waals surface area contributed by atoms with Crippen LogP contribution >= 0.6 is 24.0 Å². The van der Waals surface area contributed by atoms with E-state index < -0.39 is 6.10 Å². The number of nitrogens with one attached hydrogen (secondary N) is 2. The number of halogens is 1. The van der Waals surface area contributed by atoms with E-state index in [0.717, 1.165) is 50.5 Å². The van der Waals surface area contributed by atoms with Crippen LogP contribution in [-0.4, -0.2) is 54.6 Å².